The lowest BCUT2D eigenvalue weighted by molar-refractivity contribution is 0.641. The molecule has 0 atom stereocenters. The highest BCUT2D eigenvalue weighted by Gasteiger charge is 2.14. The molecule has 3 rings (SSSR count). The summed E-state index contributed by atoms with van der Waals surface area (Å²) in [5.74, 6) is 0. The quantitative estimate of drug-likeness (QED) is 0.783. The van der Waals surface area contributed by atoms with E-state index in [2.05, 4.69) is 35.4 Å². The largest absolute Gasteiger partial charge is 0.358 e. The molecule has 1 aliphatic rings. The molecule has 0 amide bonds. The molecule has 2 aromatic rings. The van der Waals surface area contributed by atoms with Crippen molar-refractivity contribution >= 4 is 23.3 Å². The molecule has 0 bridgehead atoms. The maximum absolute atomic E-state index is 3.53. The lowest BCUT2D eigenvalue weighted by Gasteiger charge is -2.12. The summed E-state index contributed by atoms with van der Waals surface area (Å²) < 4.78 is 0. The van der Waals surface area contributed by atoms with Crippen LogP contribution in [0.5, 0.6) is 0 Å². The fourth-order valence-corrected chi connectivity index (χ4v) is 2.41. The van der Waals surface area contributed by atoms with Crippen LogP contribution in [-0.4, -0.2) is 11.5 Å². The van der Waals surface area contributed by atoms with Crippen molar-refractivity contribution in [1.29, 1.82) is 0 Å². The molecule has 0 spiro atoms. The van der Waals surface area contributed by atoms with Gasteiger partial charge in [-0.05, 0) is 29.7 Å². The van der Waals surface area contributed by atoms with Crippen molar-refractivity contribution in [2.45, 2.75) is 26.3 Å². The molecule has 1 aromatic carbocycles. The molecular formula is C13H17ClN2. The number of aromatic nitrogens is 1. The van der Waals surface area contributed by atoms with Gasteiger partial charge in [0.15, 0.2) is 0 Å². The van der Waals surface area contributed by atoms with Gasteiger partial charge in [0.25, 0.3) is 0 Å². The minimum atomic E-state index is 0. The number of rotatable bonds is 1. The predicted molar refractivity (Wildman–Crippen MR) is 70.3 cm³/mol. The summed E-state index contributed by atoms with van der Waals surface area (Å²) in [6.07, 6.45) is 2.24. The van der Waals surface area contributed by atoms with E-state index >= 15 is 0 Å². The van der Waals surface area contributed by atoms with Crippen molar-refractivity contribution in [2.24, 2.45) is 0 Å². The number of hydrogen-bond donors (Lipinski definition) is 2. The first-order valence-corrected chi connectivity index (χ1v) is 5.71. The number of hydrogen-bond acceptors (Lipinski definition) is 1. The summed E-state index contributed by atoms with van der Waals surface area (Å²) in [4.78, 5) is 3.53. The van der Waals surface area contributed by atoms with Crippen LogP contribution in [0, 0.1) is 0 Å². The highest BCUT2D eigenvalue weighted by atomic mass is 35.5. The van der Waals surface area contributed by atoms with Gasteiger partial charge in [-0.3, -0.25) is 0 Å². The number of nitrogens with one attached hydrogen (secondary N) is 2. The minimum Gasteiger partial charge on any atom is -0.358 e. The molecule has 1 aliphatic heterocycles. The summed E-state index contributed by atoms with van der Waals surface area (Å²) in [7, 11) is 0. The standard InChI is InChI=1S/C13H16N2.ClH/c1-2-9-3-4-12-10(7-9)11-8-14-6-5-13(11)15-12;/h3-4,7,14-15H,2,5-6,8H2,1H3;1H. The highest BCUT2D eigenvalue weighted by Crippen LogP contribution is 2.25. The number of H-pyrrole nitrogens is 1. The second kappa shape index (κ2) is 4.48. The first-order valence-electron chi connectivity index (χ1n) is 5.71. The first-order chi connectivity index (χ1) is 7.38. The lowest BCUT2D eigenvalue weighted by atomic mass is 10.0. The lowest BCUT2D eigenvalue weighted by Crippen LogP contribution is -2.22. The molecule has 1 aromatic heterocycles. The molecule has 3 heteroatoms. The topological polar surface area (TPSA) is 27.8 Å². The fraction of sp³-hybridized carbons (Fsp3) is 0.385. The Kier molecular flexibility index (Phi) is 3.22. The highest BCUT2D eigenvalue weighted by molar-refractivity contribution is 5.86. The van der Waals surface area contributed by atoms with Crippen molar-refractivity contribution < 1.29 is 0 Å². The monoisotopic (exact) mass is 236 g/mol. The van der Waals surface area contributed by atoms with Crippen LogP contribution in [0.15, 0.2) is 18.2 Å². The third-order valence-corrected chi connectivity index (χ3v) is 3.32. The summed E-state index contributed by atoms with van der Waals surface area (Å²) in [6, 6.07) is 6.77. The molecule has 0 saturated heterocycles. The van der Waals surface area contributed by atoms with Gasteiger partial charge in [-0.25, -0.2) is 0 Å². The number of halogens is 1. The summed E-state index contributed by atoms with van der Waals surface area (Å²) >= 11 is 0. The molecule has 16 heavy (non-hydrogen) atoms. The van der Waals surface area contributed by atoms with Crippen LogP contribution >= 0.6 is 12.4 Å². The Morgan fingerprint density at radius 2 is 2.19 bits per heavy atom. The number of aromatic amines is 1. The molecule has 2 N–H and O–H groups in total. The molecule has 0 aliphatic carbocycles. The van der Waals surface area contributed by atoms with Gasteiger partial charge in [0, 0.05) is 36.1 Å². The average Bonchev–Trinajstić information content (AvgIpc) is 2.66. The summed E-state index contributed by atoms with van der Waals surface area (Å²) in [5, 5.41) is 4.85. The number of aryl methyl sites for hydroxylation is 1. The molecule has 2 heterocycles. The van der Waals surface area contributed by atoms with Crippen LogP contribution in [-0.2, 0) is 19.4 Å². The van der Waals surface area contributed by atoms with E-state index in [4.69, 9.17) is 0 Å². The van der Waals surface area contributed by atoms with Crippen molar-refractivity contribution in [3.8, 4) is 0 Å². The van der Waals surface area contributed by atoms with Crippen LogP contribution in [0.2, 0.25) is 0 Å². The molecule has 0 radical (unpaired) electrons. The van der Waals surface area contributed by atoms with E-state index in [1.807, 2.05) is 0 Å². The SMILES string of the molecule is CCc1ccc2[nH]c3c(c2c1)CNCC3.Cl. The van der Waals surface area contributed by atoms with Crippen LogP contribution in [0.1, 0.15) is 23.7 Å². The molecular weight excluding hydrogens is 220 g/mol. The van der Waals surface area contributed by atoms with E-state index in [-0.39, 0.29) is 12.4 Å². The Hall–Kier alpha value is -0.990. The van der Waals surface area contributed by atoms with E-state index in [0.29, 0.717) is 0 Å². The number of fused-ring (bicyclic) bond motifs is 3. The minimum absolute atomic E-state index is 0. The zero-order valence-electron chi connectivity index (χ0n) is 9.47. The Morgan fingerprint density at radius 3 is 3.00 bits per heavy atom. The molecule has 0 unspecified atom stereocenters. The Balaban J connectivity index is 0.000000963. The average molecular weight is 237 g/mol. The van der Waals surface area contributed by atoms with E-state index in [1.54, 1.807) is 0 Å². The first kappa shape index (κ1) is 11.5. The number of benzene rings is 1. The van der Waals surface area contributed by atoms with Crippen molar-refractivity contribution in [3.63, 3.8) is 0 Å². The van der Waals surface area contributed by atoms with Gasteiger partial charge >= 0.3 is 0 Å². The third kappa shape index (κ3) is 1.72. The normalized spacial score (nSPS) is 14.6. The van der Waals surface area contributed by atoms with Crippen LogP contribution in [0.25, 0.3) is 10.9 Å². The second-order valence-corrected chi connectivity index (χ2v) is 4.24. The second-order valence-electron chi connectivity index (χ2n) is 4.24. The zero-order valence-corrected chi connectivity index (χ0v) is 10.3. The van der Waals surface area contributed by atoms with E-state index in [9.17, 15) is 0 Å². The smallest absolute Gasteiger partial charge is 0.0459 e. The molecule has 2 nitrogen and oxygen atoms in total. The van der Waals surface area contributed by atoms with Crippen LogP contribution in [0.4, 0.5) is 0 Å². The Morgan fingerprint density at radius 1 is 1.31 bits per heavy atom. The predicted octanol–water partition coefficient (Wildman–Crippen LogP) is 2.80. The Bertz CT molecular complexity index is 502. The third-order valence-electron chi connectivity index (χ3n) is 3.32. The van der Waals surface area contributed by atoms with Gasteiger partial charge in [0.2, 0.25) is 0 Å². The maximum atomic E-state index is 3.53. The maximum Gasteiger partial charge on any atom is 0.0459 e. The van der Waals surface area contributed by atoms with E-state index in [1.165, 1.54) is 27.7 Å². The zero-order chi connectivity index (χ0) is 10.3. The fourth-order valence-electron chi connectivity index (χ4n) is 2.41. The Labute approximate surface area is 102 Å². The van der Waals surface area contributed by atoms with Crippen LogP contribution < -0.4 is 5.32 Å². The van der Waals surface area contributed by atoms with E-state index in [0.717, 1.165) is 25.9 Å². The van der Waals surface area contributed by atoms with Crippen molar-refractivity contribution in [2.75, 3.05) is 6.54 Å². The molecule has 0 fully saturated rings. The van der Waals surface area contributed by atoms with Gasteiger partial charge < -0.3 is 10.3 Å². The van der Waals surface area contributed by atoms with E-state index < -0.39 is 0 Å². The van der Waals surface area contributed by atoms with Crippen LogP contribution in [0.3, 0.4) is 0 Å². The van der Waals surface area contributed by atoms with Crippen molar-refractivity contribution in [3.05, 3.63) is 35.0 Å². The molecule has 0 saturated carbocycles. The van der Waals surface area contributed by atoms with Gasteiger partial charge in [0.1, 0.15) is 0 Å². The van der Waals surface area contributed by atoms with Gasteiger partial charge in [0.05, 0.1) is 0 Å². The molecule has 86 valence electrons. The van der Waals surface area contributed by atoms with Gasteiger partial charge in [-0.2, -0.15) is 0 Å². The summed E-state index contributed by atoms with van der Waals surface area (Å²) in [5.41, 5.74) is 5.62. The van der Waals surface area contributed by atoms with Gasteiger partial charge in [-0.1, -0.05) is 13.0 Å². The van der Waals surface area contributed by atoms with Crippen molar-refractivity contribution in [1.82, 2.24) is 10.3 Å². The summed E-state index contributed by atoms with van der Waals surface area (Å²) in [6.45, 7) is 4.32. The van der Waals surface area contributed by atoms with Gasteiger partial charge in [-0.15, -0.1) is 12.4 Å².